The zero-order chi connectivity index (χ0) is 19.1. The molecule has 0 fully saturated rings. The first-order valence-electron chi connectivity index (χ1n) is 11.0. The van der Waals surface area contributed by atoms with Crippen molar-refractivity contribution >= 4 is 0 Å². The molecule has 0 aliphatic heterocycles. The van der Waals surface area contributed by atoms with Gasteiger partial charge in [-0.15, -0.1) is 0 Å². The zero-order valence-electron chi connectivity index (χ0n) is 17.7. The Hall–Kier alpha value is -0.960. The third-order valence-corrected chi connectivity index (χ3v) is 4.26. The summed E-state index contributed by atoms with van der Waals surface area (Å²) >= 11 is 0. The molecule has 0 aliphatic rings. The summed E-state index contributed by atoms with van der Waals surface area (Å²) in [6.45, 7) is 8.18. The van der Waals surface area contributed by atoms with Gasteiger partial charge in [0.15, 0.2) is 6.29 Å². The van der Waals surface area contributed by atoms with Crippen LogP contribution in [0.2, 0.25) is 0 Å². The highest BCUT2D eigenvalue weighted by molar-refractivity contribution is 5.25. The minimum absolute atomic E-state index is 0.00622. The lowest BCUT2D eigenvalue weighted by Crippen LogP contribution is -2.19. The Morgan fingerprint density at radius 2 is 1.19 bits per heavy atom. The minimum atomic E-state index is 0.00622. The second-order valence-electron chi connectivity index (χ2n) is 6.85. The average Bonchev–Trinajstić information content (AvgIpc) is 2.66. The van der Waals surface area contributed by atoms with Crippen LogP contribution < -0.4 is 0 Å². The lowest BCUT2D eigenvalue weighted by molar-refractivity contribution is -0.148. The SMILES string of the molecule is CCC#CC#CCCCCCCCC(OCCCCC)OCCCCC. The summed E-state index contributed by atoms with van der Waals surface area (Å²) < 4.78 is 11.9. The largest absolute Gasteiger partial charge is 0.353 e. The van der Waals surface area contributed by atoms with Crippen molar-refractivity contribution in [3.8, 4) is 23.7 Å². The average molecular weight is 363 g/mol. The maximum absolute atomic E-state index is 5.96. The van der Waals surface area contributed by atoms with Crippen molar-refractivity contribution in [2.24, 2.45) is 0 Å². The van der Waals surface area contributed by atoms with Crippen molar-refractivity contribution in [2.75, 3.05) is 13.2 Å². The van der Waals surface area contributed by atoms with Crippen LogP contribution in [0.15, 0.2) is 0 Å². The third-order valence-electron chi connectivity index (χ3n) is 4.26. The molecular formula is C24H42O2. The standard InChI is InChI=1S/C24H42O2/c1-4-7-10-11-12-13-14-15-16-17-18-21-24(25-22-19-8-5-2)26-23-20-9-6-3/h24H,4-6,8-9,13-23H2,1-3H3. The Bertz CT molecular complexity index is 382. The topological polar surface area (TPSA) is 18.5 Å². The summed E-state index contributed by atoms with van der Waals surface area (Å²) in [6.07, 6.45) is 16.3. The van der Waals surface area contributed by atoms with Crippen LogP contribution in [0.1, 0.15) is 111 Å². The molecule has 2 heteroatoms. The van der Waals surface area contributed by atoms with Gasteiger partial charge in [0, 0.05) is 26.1 Å². The summed E-state index contributed by atoms with van der Waals surface area (Å²) in [4.78, 5) is 0. The second-order valence-corrected chi connectivity index (χ2v) is 6.85. The van der Waals surface area contributed by atoms with Crippen molar-refractivity contribution in [1.29, 1.82) is 0 Å². The van der Waals surface area contributed by atoms with Gasteiger partial charge < -0.3 is 9.47 Å². The van der Waals surface area contributed by atoms with E-state index >= 15 is 0 Å². The Morgan fingerprint density at radius 1 is 0.615 bits per heavy atom. The summed E-state index contributed by atoms with van der Waals surface area (Å²) in [7, 11) is 0. The van der Waals surface area contributed by atoms with E-state index < -0.39 is 0 Å². The van der Waals surface area contributed by atoms with E-state index in [0.717, 1.165) is 45.3 Å². The molecule has 0 aromatic heterocycles. The Balaban J connectivity index is 3.72. The van der Waals surface area contributed by atoms with Crippen molar-refractivity contribution in [1.82, 2.24) is 0 Å². The van der Waals surface area contributed by atoms with Gasteiger partial charge in [-0.3, -0.25) is 0 Å². The zero-order valence-corrected chi connectivity index (χ0v) is 17.7. The first kappa shape index (κ1) is 25.0. The monoisotopic (exact) mass is 362 g/mol. The van der Waals surface area contributed by atoms with E-state index in [1.165, 1.54) is 57.8 Å². The first-order valence-corrected chi connectivity index (χ1v) is 11.0. The van der Waals surface area contributed by atoms with Gasteiger partial charge in [-0.25, -0.2) is 0 Å². The van der Waals surface area contributed by atoms with Gasteiger partial charge in [-0.2, -0.15) is 0 Å². The predicted octanol–water partition coefficient (Wildman–Crippen LogP) is 6.87. The Kier molecular flexibility index (Phi) is 21.3. The molecular weight excluding hydrogens is 320 g/mol. The molecule has 0 saturated carbocycles. The van der Waals surface area contributed by atoms with Crippen LogP contribution in [-0.4, -0.2) is 19.5 Å². The molecule has 0 heterocycles. The molecule has 0 N–H and O–H groups in total. The molecule has 0 radical (unpaired) electrons. The third kappa shape index (κ3) is 19.4. The molecule has 0 aromatic rings. The fourth-order valence-electron chi connectivity index (χ4n) is 2.64. The number of hydrogen-bond acceptors (Lipinski definition) is 2. The summed E-state index contributed by atoms with van der Waals surface area (Å²) in [6, 6.07) is 0. The van der Waals surface area contributed by atoms with Crippen LogP contribution in [0, 0.1) is 23.7 Å². The Morgan fingerprint density at radius 3 is 1.81 bits per heavy atom. The predicted molar refractivity (Wildman–Crippen MR) is 113 cm³/mol. The molecule has 0 unspecified atom stereocenters. The fourth-order valence-corrected chi connectivity index (χ4v) is 2.64. The second kappa shape index (κ2) is 22.1. The molecule has 150 valence electrons. The van der Waals surface area contributed by atoms with Gasteiger partial charge >= 0.3 is 0 Å². The van der Waals surface area contributed by atoms with E-state index in [1.807, 2.05) is 6.92 Å². The van der Waals surface area contributed by atoms with E-state index in [4.69, 9.17) is 9.47 Å². The van der Waals surface area contributed by atoms with Crippen LogP contribution in [0.3, 0.4) is 0 Å². The van der Waals surface area contributed by atoms with Crippen molar-refractivity contribution < 1.29 is 9.47 Å². The lowest BCUT2D eigenvalue weighted by Gasteiger charge is -2.18. The Labute approximate surface area is 163 Å². The van der Waals surface area contributed by atoms with E-state index in [1.54, 1.807) is 0 Å². The fraction of sp³-hybridized carbons (Fsp3) is 0.833. The number of ether oxygens (including phenoxy) is 2. The maximum Gasteiger partial charge on any atom is 0.157 e. The normalized spacial score (nSPS) is 10.3. The summed E-state index contributed by atoms with van der Waals surface area (Å²) in [5, 5.41) is 0. The summed E-state index contributed by atoms with van der Waals surface area (Å²) in [5.74, 6) is 11.9. The maximum atomic E-state index is 5.96. The number of hydrogen-bond donors (Lipinski definition) is 0. The molecule has 0 amide bonds. The van der Waals surface area contributed by atoms with Crippen LogP contribution >= 0.6 is 0 Å². The minimum Gasteiger partial charge on any atom is -0.353 e. The van der Waals surface area contributed by atoms with E-state index in [9.17, 15) is 0 Å². The van der Waals surface area contributed by atoms with Crippen LogP contribution in [0.5, 0.6) is 0 Å². The number of rotatable bonds is 17. The van der Waals surface area contributed by atoms with E-state index in [0.29, 0.717) is 0 Å². The quantitative estimate of drug-likeness (QED) is 0.160. The van der Waals surface area contributed by atoms with Gasteiger partial charge in [-0.1, -0.05) is 77.6 Å². The molecule has 0 rings (SSSR count). The van der Waals surface area contributed by atoms with Crippen LogP contribution in [-0.2, 0) is 9.47 Å². The highest BCUT2D eigenvalue weighted by atomic mass is 16.7. The molecule has 26 heavy (non-hydrogen) atoms. The van der Waals surface area contributed by atoms with Gasteiger partial charge in [0.2, 0.25) is 0 Å². The molecule has 0 atom stereocenters. The highest BCUT2D eigenvalue weighted by Gasteiger charge is 2.09. The van der Waals surface area contributed by atoms with Crippen molar-refractivity contribution in [2.45, 2.75) is 117 Å². The van der Waals surface area contributed by atoms with Crippen molar-refractivity contribution in [3.63, 3.8) is 0 Å². The molecule has 2 nitrogen and oxygen atoms in total. The first-order chi connectivity index (χ1) is 12.8. The van der Waals surface area contributed by atoms with Crippen LogP contribution in [0.4, 0.5) is 0 Å². The summed E-state index contributed by atoms with van der Waals surface area (Å²) in [5.41, 5.74) is 0. The van der Waals surface area contributed by atoms with Gasteiger partial charge in [0.05, 0.1) is 0 Å². The molecule has 0 spiro atoms. The van der Waals surface area contributed by atoms with Gasteiger partial charge in [-0.05, 0) is 43.9 Å². The molecule has 0 aromatic carbocycles. The highest BCUT2D eigenvalue weighted by Crippen LogP contribution is 2.13. The van der Waals surface area contributed by atoms with Crippen LogP contribution in [0.25, 0.3) is 0 Å². The molecule has 0 aliphatic carbocycles. The molecule has 0 bridgehead atoms. The lowest BCUT2D eigenvalue weighted by atomic mass is 10.1. The van der Waals surface area contributed by atoms with Crippen molar-refractivity contribution in [3.05, 3.63) is 0 Å². The van der Waals surface area contributed by atoms with Gasteiger partial charge in [0.25, 0.3) is 0 Å². The number of unbranched alkanes of at least 4 members (excludes halogenated alkanes) is 9. The molecule has 0 saturated heterocycles. The smallest absolute Gasteiger partial charge is 0.157 e. The van der Waals surface area contributed by atoms with Gasteiger partial charge in [0.1, 0.15) is 0 Å². The van der Waals surface area contributed by atoms with E-state index in [2.05, 4.69) is 37.5 Å². The van der Waals surface area contributed by atoms with E-state index in [-0.39, 0.29) is 6.29 Å².